The lowest BCUT2D eigenvalue weighted by Crippen LogP contribution is -2.62. The first-order valence-electron chi connectivity index (χ1n) is 7.15. The van der Waals surface area contributed by atoms with Crippen molar-refractivity contribution in [3.05, 3.63) is 28.8 Å². The van der Waals surface area contributed by atoms with Crippen LogP contribution in [0.15, 0.2) is 18.2 Å². The Labute approximate surface area is 127 Å². The van der Waals surface area contributed by atoms with Gasteiger partial charge in [-0.15, -0.1) is 0 Å². The van der Waals surface area contributed by atoms with Crippen molar-refractivity contribution >= 4 is 23.4 Å². The SMILES string of the molecule is O=C1CN(C(=O)c2ccc(Cl)cc2O)[C@H]2CCCC[C@@H]2N1. The molecule has 0 unspecified atom stereocenters. The molecule has 2 atom stereocenters. The van der Waals surface area contributed by atoms with Crippen LogP contribution in [0.2, 0.25) is 5.02 Å². The molecular weight excluding hydrogens is 292 g/mol. The average molecular weight is 309 g/mol. The van der Waals surface area contributed by atoms with Crippen molar-refractivity contribution in [2.45, 2.75) is 37.8 Å². The van der Waals surface area contributed by atoms with Gasteiger partial charge in [0.2, 0.25) is 5.91 Å². The molecule has 3 rings (SSSR count). The summed E-state index contributed by atoms with van der Waals surface area (Å²) in [6, 6.07) is 4.45. The van der Waals surface area contributed by atoms with Gasteiger partial charge < -0.3 is 15.3 Å². The Hall–Kier alpha value is -1.75. The minimum Gasteiger partial charge on any atom is -0.507 e. The number of aromatic hydroxyl groups is 1. The molecule has 21 heavy (non-hydrogen) atoms. The van der Waals surface area contributed by atoms with E-state index < -0.39 is 0 Å². The van der Waals surface area contributed by atoms with Gasteiger partial charge in [0.1, 0.15) is 12.3 Å². The molecular formula is C15H17ClN2O3. The van der Waals surface area contributed by atoms with Gasteiger partial charge in [-0.25, -0.2) is 0 Å². The van der Waals surface area contributed by atoms with Crippen LogP contribution in [0.25, 0.3) is 0 Å². The van der Waals surface area contributed by atoms with Crippen LogP contribution in [-0.4, -0.2) is 40.4 Å². The number of nitrogens with zero attached hydrogens (tertiary/aromatic N) is 1. The minimum atomic E-state index is -0.309. The largest absolute Gasteiger partial charge is 0.507 e. The summed E-state index contributed by atoms with van der Waals surface area (Å²) in [7, 11) is 0. The number of rotatable bonds is 1. The molecule has 1 aliphatic carbocycles. The van der Waals surface area contributed by atoms with Crippen LogP contribution in [-0.2, 0) is 4.79 Å². The highest BCUT2D eigenvalue weighted by Crippen LogP contribution is 2.29. The normalized spacial score (nSPS) is 25.2. The summed E-state index contributed by atoms with van der Waals surface area (Å²) in [6.45, 7) is 0.0437. The van der Waals surface area contributed by atoms with Gasteiger partial charge in [-0.05, 0) is 31.0 Å². The third-order valence-corrected chi connectivity index (χ3v) is 4.48. The van der Waals surface area contributed by atoms with Crippen LogP contribution in [0, 0.1) is 0 Å². The second-order valence-electron chi connectivity index (χ2n) is 5.62. The summed E-state index contributed by atoms with van der Waals surface area (Å²) in [4.78, 5) is 26.1. The highest BCUT2D eigenvalue weighted by molar-refractivity contribution is 6.30. The highest BCUT2D eigenvalue weighted by atomic mass is 35.5. The Morgan fingerprint density at radius 2 is 2.10 bits per heavy atom. The second kappa shape index (κ2) is 5.56. The Morgan fingerprint density at radius 1 is 1.33 bits per heavy atom. The van der Waals surface area contributed by atoms with Gasteiger partial charge in [0.05, 0.1) is 11.6 Å². The van der Waals surface area contributed by atoms with Crippen LogP contribution in [0.3, 0.4) is 0 Å². The van der Waals surface area contributed by atoms with Crippen molar-refractivity contribution in [3.63, 3.8) is 0 Å². The van der Waals surface area contributed by atoms with Crippen molar-refractivity contribution in [3.8, 4) is 5.75 Å². The van der Waals surface area contributed by atoms with E-state index in [1.54, 1.807) is 11.0 Å². The Morgan fingerprint density at radius 3 is 2.86 bits per heavy atom. The lowest BCUT2D eigenvalue weighted by atomic mass is 9.87. The summed E-state index contributed by atoms with van der Waals surface area (Å²) in [5.74, 6) is -0.596. The standard InChI is InChI=1S/C15H17ClN2O3/c16-9-5-6-10(13(19)7-9)15(21)18-8-14(20)17-11-3-1-2-4-12(11)18/h5-7,11-12,19H,1-4,8H2,(H,17,20)/t11-,12-/m0/s1. The Kier molecular flexibility index (Phi) is 3.76. The van der Waals surface area contributed by atoms with Gasteiger partial charge in [-0.1, -0.05) is 24.4 Å². The molecule has 2 fully saturated rings. The molecule has 2 aliphatic rings. The van der Waals surface area contributed by atoms with Crippen LogP contribution >= 0.6 is 11.6 Å². The van der Waals surface area contributed by atoms with Crippen molar-refractivity contribution in [2.24, 2.45) is 0 Å². The third kappa shape index (κ3) is 2.70. The summed E-state index contributed by atoms with van der Waals surface area (Å²) < 4.78 is 0. The van der Waals surface area contributed by atoms with Crippen molar-refractivity contribution in [1.82, 2.24) is 10.2 Å². The number of hydrogen-bond donors (Lipinski definition) is 2. The quantitative estimate of drug-likeness (QED) is 0.833. The first kappa shape index (κ1) is 14.2. The van der Waals surface area contributed by atoms with E-state index in [1.165, 1.54) is 12.1 Å². The summed E-state index contributed by atoms with van der Waals surface area (Å²) in [6.07, 6.45) is 3.89. The zero-order valence-electron chi connectivity index (χ0n) is 11.5. The maximum absolute atomic E-state index is 12.7. The molecule has 2 amide bonds. The summed E-state index contributed by atoms with van der Waals surface area (Å²) >= 11 is 5.79. The fraction of sp³-hybridized carbons (Fsp3) is 0.467. The molecule has 5 nitrogen and oxygen atoms in total. The van der Waals surface area contributed by atoms with E-state index in [2.05, 4.69) is 5.32 Å². The first-order valence-corrected chi connectivity index (χ1v) is 7.53. The number of piperazine rings is 1. The van der Waals surface area contributed by atoms with Crippen molar-refractivity contribution in [1.29, 1.82) is 0 Å². The van der Waals surface area contributed by atoms with Crippen LogP contribution < -0.4 is 5.32 Å². The number of amides is 2. The topological polar surface area (TPSA) is 69.6 Å². The van der Waals surface area contributed by atoms with E-state index in [0.29, 0.717) is 5.02 Å². The highest BCUT2D eigenvalue weighted by Gasteiger charge is 2.39. The number of hydrogen-bond acceptors (Lipinski definition) is 3. The Balaban J connectivity index is 1.89. The first-order chi connectivity index (χ1) is 10.1. The van der Waals surface area contributed by atoms with Gasteiger partial charge in [-0.2, -0.15) is 0 Å². The van der Waals surface area contributed by atoms with Crippen molar-refractivity contribution < 1.29 is 14.7 Å². The number of nitrogens with one attached hydrogen (secondary N) is 1. The predicted molar refractivity (Wildman–Crippen MR) is 78.3 cm³/mol. The van der Waals surface area contributed by atoms with Gasteiger partial charge in [0.25, 0.3) is 5.91 Å². The molecule has 112 valence electrons. The monoisotopic (exact) mass is 308 g/mol. The minimum absolute atomic E-state index is 0.0130. The molecule has 6 heteroatoms. The number of carbonyl (C=O) groups is 2. The summed E-state index contributed by atoms with van der Waals surface area (Å²) in [5.41, 5.74) is 0.193. The molecule has 1 aromatic carbocycles. The molecule has 1 saturated heterocycles. The molecule has 1 aliphatic heterocycles. The van der Waals surface area contributed by atoms with E-state index in [-0.39, 0.29) is 41.8 Å². The average Bonchev–Trinajstić information content (AvgIpc) is 2.45. The van der Waals surface area contributed by atoms with E-state index >= 15 is 0 Å². The van der Waals surface area contributed by atoms with E-state index in [9.17, 15) is 14.7 Å². The number of fused-ring (bicyclic) bond motifs is 1. The molecule has 0 aromatic heterocycles. The van der Waals surface area contributed by atoms with Crippen molar-refractivity contribution in [2.75, 3.05) is 6.54 Å². The molecule has 1 heterocycles. The lowest BCUT2D eigenvalue weighted by molar-refractivity contribution is -0.127. The zero-order valence-corrected chi connectivity index (χ0v) is 12.3. The van der Waals surface area contributed by atoms with E-state index in [0.717, 1.165) is 25.7 Å². The second-order valence-corrected chi connectivity index (χ2v) is 6.06. The van der Waals surface area contributed by atoms with Crippen LogP contribution in [0.5, 0.6) is 5.75 Å². The van der Waals surface area contributed by atoms with E-state index in [4.69, 9.17) is 11.6 Å². The molecule has 0 bridgehead atoms. The van der Waals surface area contributed by atoms with Gasteiger partial charge in [-0.3, -0.25) is 9.59 Å². The smallest absolute Gasteiger partial charge is 0.258 e. The zero-order chi connectivity index (χ0) is 15.0. The van der Waals surface area contributed by atoms with Gasteiger partial charge >= 0.3 is 0 Å². The third-order valence-electron chi connectivity index (χ3n) is 4.24. The predicted octanol–water partition coefficient (Wildman–Crippen LogP) is 1.93. The molecule has 2 N–H and O–H groups in total. The molecule has 0 spiro atoms. The lowest BCUT2D eigenvalue weighted by Gasteiger charge is -2.44. The number of halogens is 1. The fourth-order valence-corrected chi connectivity index (χ4v) is 3.41. The number of phenolic OH excluding ortho intramolecular Hbond substituents is 1. The van der Waals surface area contributed by atoms with Gasteiger partial charge in [0, 0.05) is 11.1 Å². The maximum atomic E-state index is 12.7. The summed E-state index contributed by atoms with van der Waals surface area (Å²) in [5, 5.41) is 13.3. The number of benzene rings is 1. The fourth-order valence-electron chi connectivity index (χ4n) is 3.24. The molecule has 1 aromatic rings. The number of carbonyl (C=O) groups excluding carboxylic acids is 2. The van der Waals surface area contributed by atoms with Crippen LogP contribution in [0.4, 0.5) is 0 Å². The van der Waals surface area contributed by atoms with Gasteiger partial charge in [0.15, 0.2) is 0 Å². The Bertz CT molecular complexity index is 590. The maximum Gasteiger partial charge on any atom is 0.258 e. The van der Waals surface area contributed by atoms with E-state index in [1.807, 2.05) is 0 Å². The number of phenols is 1. The molecule has 1 saturated carbocycles. The molecule has 0 radical (unpaired) electrons. The van der Waals surface area contributed by atoms with Crippen LogP contribution in [0.1, 0.15) is 36.0 Å².